The molecular formula is C47H41N2O6S2+. The molecule has 6 aromatic rings. The van der Waals surface area contributed by atoms with Crippen molar-refractivity contribution in [1.29, 1.82) is 0 Å². The number of hydrogen-bond donors (Lipinski definition) is 2. The van der Waals surface area contributed by atoms with Crippen molar-refractivity contribution in [3.05, 3.63) is 227 Å². The van der Waals surface area contributed by atoms with Crippen molar-refractivity contribution >= 4 is 37.2 Å². The van der Waals surface area contributed by atoms with Crippen LogP contribution < -0.4 is 4.90 Å². The normalized spacial score (nSPS) is 12.7. The molecule has 1 aliphatic carbocycles. The average Bonchev–Trinajstić information content (AvgIpc) is 3.22. The highest BCUT2D eigenvalue weighted by Crippen LogP contribution is 2.36. The highest BCUT2D eigenvalue weighted by molar-refractivity contribution is 7.86. The molecule has 2 N–H and O–H groups in total. The first-order valence-corrected chi connectivity index (χ1v) is 21.2. The van der Waals surface area contributed by atoms with Gasteiger partial charge in [0.25, 0.3) is 20.2 Å². The van der Waals surface area contributed by atoms with Crippen molar-refractivity contribution in [2.45, 2.75) is 36.0 Å². The SMILES string of the molecule is O=S(=O)(O)c1ccc(C(=C2C=CC(=[N+](Cc3ccccc3)Cc3ccccc3)C=C2)c2ccc(N(Cc3ccccc3)Cc3ccccc3)cc2)c(S(=O)(=O)O)c1. The Bertz CT molecular complexity index is 2590. The highest BCUT2D eigenvalue weighted by Gasteiger charge is 2.25. The fraction of sp³-hybridized carbons (Fsp3) is 0.0851. The molecule has 286 valence electrons. The molecular weight excluding hydrogens is 753 g/mol. The summed E-state index contributed by atoms with van der Waals surface area (Å²) in [6.45, 7) is 2.55. The summed E-state index contributed by atoms with van der Waals surface area (Å²) in [7, 11) is -9.76. The molecule has 0 atom stereocenters. The number of rotatable bonds is 13. The third-order valence-corrected chi connectivity index (χ3v) is 11.4. The van der Waals surface area contributed by atoms with Crippen LogP contribution in [0.1, 0.15) is 33.4 Å². The number of benzene rings is 6. The van der Waals surface area contributed by atoms with Crippen molar-refractivity contribution in [3.63, 3.8) is 0 Å². The lowest BCUT2D eigenvalue weighted by Gasteiger charge is -2.26. The molecule has 57 heavy (non-hydrogen) atoms. The number of hydrogen-bond acceptors (Lipinski definition) is 5. The molecule has 0 spiro atoms. The van der Waals surface area contributed by atoms with Crippen molar-refractivity contribution in [3.8, 4) is 0 Å². The van der Waals surface area contributed by atoms with Crippen LogP contribution in [0.5, 0.6) is 0 Å². The molecule has 0 saturated carbocycles. The van der Waals surface area contributed by atoms with Crippen LogP contribution in [-0.4, -0.2) is 36.2 Å². The number of nitrogens with zero attached hydrogens (tertiary/aromatic N) is 2. The zero-order valence-electron chi connectivity index (χ0n) is 31.0. The molecule has 10 heteroatoms. The average molecular weight is 794 g/mol. The van der Waals surface area contributed by atoms with Crippen molar-refractivity contribution in [2.24, 2.45) is 0 Å². The van der Waals surface area contributed by atoms with E-state index in [1.54, 1.807) is 0 Å². The molecule has 8 nitrogen and oxygen atoms in total. The Morgan fingerprint density at radius 2 is 0.965 bits per heavy atom. The van der Waals surface area contributed by atoms with Crippen LogP contribution in [0.25, 0.3) is 5.57 Å². The molecule has 1 aliphatic rings. The van der Waals surface area contributed by atoms with Gasteiger partial charge in [-0.1, -0.05) is 140 Å². The summed E-state index contributed by atoms with van der Waals surface area (Å²) < 4.78 is 72.6. The van der Waals surface area contributed by atoms with E-state index >= 15 is 0 Å². The van der Waals surface area contributed by atoms with Crippen LogP contribution in [0, 0.1) is 0 Å². The van der Waals surface area contributed by atoms with Gasteiger partial charge in [0.05, 0.1) is 4.90 Å². The first kappa shape index (κ1) is 39.1. The van der Waals surface area contributed by atoms with Gasteiger partial charge < -0.3 is 4.90 Å². The summed E-state index contributed by atoms with van der Waals surface area (Å²) in [6, 6.07) is 51.6. The second kappa shape index (κ2) is 17.3. The molecule has 7 rings (SSSR count). The Kier molecular flexibility index (Phi) is 11.9. The predicted molar refractivity (Wildman–Crippen MR) is 225 cm³/mol. The summed E-state index contributed by atoms with van der Waals surface area (Å²) in [5.41, 5.74) is 8.15. The second-order valence-corrected chi connectivity index (χ2v) is 16.5. The Balaban J connectivity index is 1.35. The highest BCUT2D eigenvalue weighted by atomic mass is 32.2. The van der Waals surface area contributed by atoms with E-state index < -0.39 is 30.0 Å². The molecule has 0 unspecified atom stereocenters. The molecule has 0 bridgehead atoms. The minimum Gasteiger partial charge on any atom is -0.363 e. The van der Waals surface area contributed by atoms with Gasteiger partial charge in [0, 0.05) is 47.6 Å². The van der Waals surface area contributed by atoms with E-state index in [4.69, 9.17) is 0 Å². The monoisotopic (exact) mass is 793 g/mol. The fourth-order valence-corrected chi connectivity index (χ4v) is 8.24. The summed E-state index contributed by atoms with van der Waals surface area (Å²) in [4.78, 5) is 0.950. The summed E-state index contributed by atoms with van der Waals surface area (Å²) >= 11 is 0. The maximum absolute atomic E-state index is 12.9. The lowest BCUT2D eigenvalue weighted by atomic mass is 9.90. The molecule has 0 fully saturated rings. The molecule has 0 aromatic heterocycles. The molecule has 0 heterocycles. The molecule has 6 aromatic carbocycles. The lowest BCUT2D eigenvalue weighted by Crippen LogP contribution is -2.22. The third kappa shape index (κ3) is 9.99. The van der Waals surface area contributed by atoms with Crippen LogP contribution in [0.3, 0.4) is 0 Å². The molecule has 0 amide bonds. The van der Waals surface area contributed by atoms with Crippen LogP contribution >= 0.6 is 0 Å². The predicted octanol–water partition coefficient (Wildman–Crippen LogP) is 9.17. The van der Waals surface area contributed by atoms with Crippen molar-refractivity contribution in [1.82, 2.24) is 0 Å². The van der Waals surface area contributed by atoms with E-state index in [0.717, 1.165) is 45.8 Å². The summed E-state index contributed by atoms with van der Waals surface area (Å²) in [5, 5.41) is 0. The lowest BCUT2D eigenvalue weighted by molar-refractivity contribution is -0.558. The van der Waals surface area contributed by atoms with Gasteiger partial charge in [-0.3, -0.25) is 9.11 Å². The van der Waals surface area contributed by atoms with Crippen molar-refractivity contribution < 1.29 is 30.5 Å². The van der Waals surface area contributed by atoms with Gasteiger partial charge in [-0.2, -0.15) is 16.8 Å². The van der Waals surface area contributed by atoms with E-state index in [-0.39, 0.29) is 5.56 Å². The Morgan fingerprint density at radius 3 is 1.40 bits per heavy atom. The van der Waals surface area contributed by atoms with Crippen LogP contribution in [0.4, 0.5) is 5.69 Å². The molecule has 0 aliphatic heterocycles. The van der Waals surface area contributed by atoms with Gasteiger partial charge >= 0.3 is 0 Å². The van der Waals surface area contributed by atoms with Crippen molar-refractivity contribution in [2.75, 3.05) is 4.90 Å². The van der Waals surface area contributed by atoms with Gasteiger partial charge in [0.1, 0.15) is 4.90 Å². The summed E-state index contributed by atoms with van der Waals surface area (Å²) in [5.74, 6) is 0. The topological polar surface area (TPSA) is 115 Å². The molecule has 0 radical (unpaired) electrons. The molecule has 0 saturated heterocycles. The third-order valence-electron chi connectivity index (χ3n) is 9.71. The Morgan fingerprint density at radius 1 is 0.509 bits per heavy atom. The second-order valence-electron chi connectivity index (χ2n) is 13.7. The van der Waals surface area contributed by atoms with Crippen LogP contribution in [0.2, 0.25) is 0 Å². The quantitative estimate of drug-likeness (QED) is 0.0886. The zero-order chi connectivity index (χ0) is 39.8. The Hall–Kier alpha value is -6.17. The maximum Gasteiger partial charge on any atom is 0.295 e. The van der Waals surface area contributed by atoms with E-state index in [2.05, 4.69) is 58.0 Å². The van der Waals surface area contributed by atoms with Crippen LogP contribution in [0.15, 0.2) is 203 Å². The first-order chi connectivity index (χ1) is 27.5. The zero-order valence-corrected chi connectivity index (χ0v) is 32.6. The van der Waals surface area contributed by atoms with E-state index in [9.17, 15) is 25.9 Å². The van der Waals surface area contributed by atoms with Gasteiger partial charge in [-0.25, -0.2) is 4.58 Å². The Labute approximate surface area is 334 Å². The van der Waals surface area contributed by atoms with E-state index in [1.807, 2.05) is 121 Å². The van der Waals surface area contributed by atoms with Crippen LogP contribution in [-0.2, 0) is 46.4 Å². The van der Waals surface area contributed by atoms with Gasteiger partial charge in [0.2, 0.25) is 5.71 Å². The van der Waals surface area contributed by atoms with Gasteiger partial charge in [0.15, 0.2) is 13.1 Å². The van der Waals surface area contributed by atoms with Gasteiger partial charge in [-0.05, 0) is 64.3 Å². The largest absolute Gasteiger partial charge is 0.363 e. The van der Waals surface area contributed by atoms with E-state index in [1.165, 1.54) is 6.07 Å². The summed E-state index contributed by atoms with van der Waals surface area (Å²) in [6.07, 6.45) is 7.72. The smallest absolute Gasteiger partial charge is 0.295 e. The number of anilines is 1. The maximum atomic E-state index is 12.9. The minimum absolute atomic E-state index is 0.0706. The standard InChI is InChI=1S/C47H40N2O6S2/c50-56(51,52)44-29-30-45(46(31-44)57(53,54)55)47(40-21-25-42(26-22-40)48(32-36-13-5-1-6-14-36)33-37-15-7-2-8-16-37)41-23-27-43(28-24-41)49(34-38-17-9-3-10-18-38)35-39-19-11-4-12-20-39/h1-31H,32-35H2,(H-,50,51,52,53,54,55)/p+1. The number of allylic oxidation sites excluding steroid dienone is 5. The van der Waals surface area contributed by atoms with E-state index in [0.29, 0.717) is 42.9 Å². The minimum atomic E-state index is -4.97. The van der Waals surface area contributed by atoms with Gasteiger partial charge in [-0.15, -0.1) is 0 Å². The first-order valence-electron chi connectivity index (χ1n) is 18.3. The fourth-order valence-electron chi connectivity index (χ4n) is 6.93.